The van der Waals surface area contributed by atoms with Gasteiger partial charge < -0.3 is 9.47 Å². The van der Waals surface area contributed by atoms with Crippen LogP contribution in [-0.4, -0.2) is 31.6 Å². The predicted molar refractivity (Wildman–Crippen MR) is 102 cm³/mol. The van der Waals surface area contributed by atoms with Crippen LogP contribution in [0.15, 0.2) is 47.6 Å². The molecule has 2 aromatic heterocycles. The van der Waals surface area contributed by atoms with Crippen LogP contribution in [0.5, 0.6) is 11.5 Å². The second-order valence-corrected chi connectivity index (χ2v) is 8.75. The van der Waals surface area contributed by atoms with Gasteiger partial charge in [-0.05, 0) is 31.2 Å². The fourth-order valence-corrected chi connectivity index (χ4v) is 4.73. The summed E-state index contributed by atoms with van der Waals surface area (Å²) < 4.78 is 38.8. The second kappa shape index (κ2) is 7.26. The van der Waals surface area contributed by atoms with Crippen molar-refractivity contribution in [3.05, 3.63) is 53.3 Å². The van der Waals surface area contributed by atoms with Gasteiger partial charge in [0.15, 0.2) is 11.5 Å². The molecule has 0 bridgehead atoms. The number of sulfonamides is 1. The molecule has 0 atom stereocenters. The van der Waals surface area contributed by atoms with Gasteiger partial charge in [0, 0.05) is 35.4 Å². The van der Waals surface area contributed by atoms with Gasteiger partial charge in [0.2, 0.25) is 10.0 Å². The third-order valence-corrected chi connectivity index (χ3v) is 6.65. The molecule has 27 heavy (non-hydrogen) atoms. The van der Waals surface area contributed by atoms with E-state index in [1.807, 2.05) is 19.1 Å². The normalized spacial score (nSPS) is 13.5. The van der Waals surface area contributed by atoms with E-state index in [9.17, 15) is 8.42 Å². The first kappa shape index (κ1) is 17.9. The summed E-state index contributed by atoms with van der Waals surface area (Å²) in [5.74, 6) is 0.997. The Morgan fingerprint density at radius 1 is 1.19 bits per heavy atom. The first-order valence-electron chi connectivity index (χ1n) is 8.29. The summed E-state index contributed by atoms with van der Waals surface area (Å²) in [6, 6.07) is 8.38. The molecular weight excluding hydrogens is 386 g/mol. The van der Waals surface area contributed by atoms with Crippen LogP contribution in [0, 0.1) is 6.92 Å². The molecule has 4 rings (SSSR count). The Morgan fingerprint density at radius 2 is 2.00 bits per heavy atom. The van der Waals surface area contributed by atoms with E-state index in [0.29, 0.717) is 24.7 Å². The fraction of sp³-hybridized carbons (Fsp3) is 0.222. The van der Waals surface area contributed by atoms with Crippen molar-refractivity contribution in [3.8, 4) is 22.1 Å². The minimum Gasteiger partial charge on any atom is -0.486 e. The molecule has 1 N–H and O–H groups in total. The molecule has 3 heterocycles. The van der Waals surface area contributed by atoms with Gasteiger partial charge in [-0.1, -0.05) is 0 Å². The van der Waals surface area contributed by atoms with E-state index in [1.54, 1.807) is 18.5 Å². The van der Waals surface area contributed by atoms with Crippen molar-refractivity contribution in [2.45, 2.75) is 18.4 Å². The Balaban J connectivity index is 1.52. The van der Waals surface area contributed by atoms with E-state index in [1.165, 1.54) is 23.5 Å². The Labute approximate surface area is 161 Å². The summed E-state index contributed by atoms with van der Waals surface area (Å²) in [5, 5.41) is 0.814. The number of hydrogen-bond acceptors (Lipinski definition) is 7. The monoisotopic (exact) mass is 403 g/mol. The molecule has 3 aromatic rings. The average Bonchev–Trinajstić information content (AvgIpc) is 3.07. The van der Waals surface area contributed by atoms with E-state index >= 15 is 0 Å². The van der Waals surface area contributed by atoms with Gasteiger partial charge in [-0.2, -0.15) is 0 Å². The molecule has 0 aliphatic carbocycles. The van der Waals surface area contributed by atoms with E-state index in [0.717, 1.165) is 21.1 Å². The molecule has 1 aliphatic rings. The van der Waals surface area contributed by atoms with E-state index < -0.39 is 10.0 Å². The summed E-state index contributed by atoms with van der Waals surface area (Å²) >= 11 is 1.45. The van der Waals surface area contributed by atoms with Gasteiger partial charge >= 0.3 is 0 Å². The van der Waals surface area contributed by atoms with Crippen molar-refractivity contribution < 1.29 is 17.9 Å². The van der Waals surface area contributed by atoms with Crippen LogP contribution in [0.2, 0.25) is 0 Å². The highest BCUT2D eigenvalue weighted by Crippen LogP contribution is 2.32. The molecule has 0 saturated carbocycles. The maximum absolute atomic E-state index is 12.6. The highest BCUT2D eigenvalue weighted by Gasteiger charge is 2.20. The molecule has 7 nitrogen and oxygen atoms in total. The summed E-state index contributed by atoms with van der Waals surface area (Å²) in [6.07, 6.45) is 3.44. The zero-order valence-corrected chi connectivity index (χ0v) is 16.1. The smallest absolute Gasteiger partial charge is 0.241 e. The van der Waals surface area contributed by atoms with Crippen LogP contribution in [0.25, 0.3) is 10.6 Å². The van der Waals surface area contributed by atoms with Crippen LogP contribution in [0.3, 0.4) is 0 Å². The fourth-order valence-electron chi connectivity index (χ4n) is 2.64. The zero-order chi connectivity index (χ0) is 18.9. The molecule has 0 spiro atoms. The number of rotatable bonds is 5. The lowest BCUT2D eigenvalue weighted by molar-refractivity contribution is 0.171. The molecule has 140 valence electrons. The number of benzene rings is 1. The van der Waals surface area contributed by atoms with E-state index in [2.05, 4.69) is 14.7 Å². The summed E-state index contributed by atoms with van der Waals surface area (Å²) in [6.45, 7) is 2.90. The van der Waals surface area contributed by atoms with Crippen molar-refractivity contribution in [1.82, 2.24) is 14.7 Å². The number of aryl methyl sites for hydroxylation is 1. The zero-order valence-electron chi connectivity index (χ0n) is 14.5. The minimum atomic E-state index is -3.68. The van der Waals surface area contributed by atoms with Crippen LogP contribution in [0.4, 0.5) is 0 Å². The number of pyridine rings is 1. The number of ether oxygens (including phenoxy) is 2. The quantitative estimate of drug-likeness (QED) is 0.704. The van der Waals surface area contributed by atoms with Crippen LogP contribution >= 0.6 is 11.3 Å². The van der Waals surface area contributed by atoms with Gasteiger partial charge in [0.05, 0.1) is 10.6 Å². The Bertz CT molecular complexity index is 1070. The van der Waals surface area contributed by atoms with Crippen molar-refractivity contribution in [2.24, 2.45) is 0 Å². The Hall–Kier alpha value is -2.49. The standard InChI is InChI=1S/C18H17N3O4S2/c1-12-17(26-18(21-12)13-3-2-6-19-10-13)11-20-27(22,23)14-4-5-15-16(9-14)25-8-7-24-15/h2-6,9-10,20H,7-8,11H2,1H3. The summed E-state index contributed by atoms with van der Waals surface area (Å²) in [7, 11) is -3.68. The SMILES string of the molecule is Cc1nc(-c2cccnc2)sc1CNS(=O)(=O)c1ccc2c(c1)OCCO2. The summed E-state index contributed by atoms with van der Waals surface area (Å²) in [4.78, 5) is 9.61. The first-order chi connectivity index (χ1) is 13.0. The maximum atomic E-state index is 12.6. The molecule has 0 amide bonds. The molecule has 0 saturated heterocycles. The molecule has 0 unspecified atom stereocenters. The largest absolute Gasteiger partial charge is 0.486 e. The van der Waals surface area contributed by atoms with Crippen molar-refractivity contribution in [2.75, 3.05) is 13.2 Å². The van der Waals surface area contributed by atoms with Gasteiger partial charge in [0.25, 0.3) is 0 Å². The Morgan fingerprint density at radius 3 is 2.78 bits per heavy atom. The van der Waals surface area contributed by atoms with Crippen molar-refractivity contribution in [1.29, 1.82) is 0 Å². The van der Waals surface area contributed by atoms with Gasteiger partial charge in [-0.25, -0.2) is 18.1 Å². The van der Waals surface area contributed by atoms with Gasteiger partial charge in [0.1, 0.15) is 18.2 Å². The summed E-state index contributed by atoms with van der Waals surface area (Å²) in [5.41, 5.74) is 1.70. The average molecular weight is 403 g/mol. The lowest BCUT2D eigenvalue weighted by Crippen LogP contribution is -2.23. The second-order valence-electron chi connectivity index (χ2n) is 5.90. The molecule has 0 fully saturated rings. The van der Waals surface area contributed by atoms with Gasteiger partial charge in [-0.3, -0.25) is 4.98 Å². The topological polar surface area (TPSA) is 90.4 Å². The molecule has 9 heteroatoms. The lowest BCUT2D eigenvalue weighted by Gasteiger charge is -2.18. The number of hydrogen-bond donors (Lipinski definition) is 1. The van der Waals surface area contributed by atoms with Crippen LogP contribution in [0.1, 0.15) is 10.6 Å². The minimum absolute atomic E-state index is 0.140. The maximum Gasteiger partial charge on any atom is 0.241 e. The van der Waals surface area contributed by atoms with E-state index in [4.69, 9.17) is 9.47 Å². The Kier molecular flexibility index (Phi) is 4.81. The van der Waals surface area contributed by atoms with Crippen molar-refractivity contribution in [3.63, 3.8) is 0 Å². The highest BCUT2D eigenvalue weighted by atomic mass is 32.2. The predicted octanol–water partition coefficient (Wildman–Crippen LogP) is 2.76. The van der Waals surface area contributed by atoms with Crippen molar-refractivity contribution >= 4 is 21.4 Å². The number of aromatic nitrogens is 2. The van der Waals surface area contributed by atoms with Gasteiger partial charge in [-0.15, -0.1) is 11.3 Å². The number of thiazole rings is 1. The number of fused-ring (bicyclic) bond motifs is 1. The molecule has 1 aliphatic heterocycles. The number of nitrogens with one attached hydrogen (secondary N) is 1. The van der Waals surface area contributed by atoms with E-state index in [-0.39, 0.29) is 11.4 Å². The third-order valence-electron chi connectivity index (χ3n) is 4.05. The highest BCUT2D eigenvalue weighted by molar-refractivity contribution is 7.89. The molecular formula is C18H17N3O4S2. The van der Waals surface area contributed by atoms with Crippen LogP contribution in [-0.2, 0) is 16.6 Å². The number of nitrogens with zero attached hydrogens (tertiary/aromatic N) is 2. The first-order valence-corrected chi connectivity index (χ1v) is 10.6. The lowest BCUT2D eigenvalue weighted by atomic mass is 10.3. The third kappa shape index (κ3) is 3.80. The molecule has 0 radical (unpaired) electrons. The molecule has 1 aromatic carbocycles. The van der Waals surface area contributed by atoms with Crippen LogP contribution < -0.4 is 14.2 Å².